The van der Waals surface area contributed by atoms with E-state index in [1.165, 1.54) is 173 Å². The van der Waals surface area contributed by atoms with Gasteiger partial charge in [0, 0.05) is 19.3 Å². The lowest BCUT2D eigenvalue weighted by Gasteiger charge is -2.18. The van der Waals surface area contributed by atoms with Crippen LogP contribution in [0.1, 0.15) is 335 Å². The molecule has 0 bridgehead atoms. The van der Waals surface area contributed by atoms with Crippen LogP contribution in [0.3, 0.4) is 0 Å². The Hall–Kier alpha value is -3.93. The van der Waals surface area contributed by atoms with Gasteiger partial charge in [-0.3, -0.25) is 14.4 Å². The molecular weight excluding hydrogens is 1010 g/mol. The zero-order chi connectivity index (χ0) is 59.2. The van der Waals surface area contributed by atoms with Crippen molar-refractivity contribution in [2.24, 2.45) is 0 Å². The van der Waals surface area contributed by atoms with Crippen LogP contribution in [0.5, 0.6) is 0 Å². The number of carbonyl (C=O) groups excluding carboxylic acids is 3. The number of allylic oxidation sites excluding steroid dienone is 18. The standard InChI is InChI=1S/C76H130O6/c1-4-7-10-13-16-18-20-22-24-26-28-30-32-33-34-35-36-37-38-39-40-41-42-43-45-46-48-50-52-54-56-58-60-63-66-69-75(78)81-72-73(71-80-74(77)68-65-62-15-12-9-6-3)82-76(79)70-67-64-61-59-57-55-53-51-49-47-44-31-29-27-25-23-21-19-17-14-11-8-5-2/h7,10,16,18,22,24,28,30,33-34,36-37,39-40,42-43,46,48,73H,4-6,8-9,11-15,17,19-21,23,25-27,29,31-32,35,38,41,44-45,47,49-72H2,1-3H3/b10-7-,18-16-,24-22-,30-28-,34-33-,37-36-,40-39-,43-42-,48-46-. The summed E-state index contributed by atoms with van der Waals surface area (Å²) in [6, 6.07) is 0. The van der Waals surface area contributed by atoms with Gasteiger partial charge in [-0.05, 0) is 89.9 Å². The van der Waals surface area contributed by atoms with E-state index in [1.54, 1.807) is 0 Å². The third kappa shape index (κ3) is 66.9. The van der Waals surface area contributed by atoms with E-state index in [2.05, 4.69) is 130 Å². The Bertz CT molecular complexity index is 1640. The molecule has 470 valence electrons. The molecule has 0 N–H and O–H groups in total. The molecule has 0 aliphatic rings. The maximum Gasteiger partial charge on any atom is 0.306 e. The van der Waals surface area contributed by atoms with Gasteiger partial charge in [0.2, 0.25) is 0 Å². The van der Waals surface area contributed by atoms with E-state index >= 15 is 0 Å². The predicted molar refractivity (Wildman–Crippen MR) is 357 cm³/mol. The summed E-state index contributed by atoms with van der Waals surface area (Å²) in [6.45, 7) is 6.49. The molecule has 0 aliphatic carbocycles. The normalized spacial score (nSPS) is 12.8. The van der Waals surface area contributed by atoms with Gasteiger partial charge in [-0.1, -0.05) is 336 Å². The fourth-order valence-electron chi connectivity index (χ4n) is 9.85. The van der Waals surface area contributed by atoms with Gasteiger partial charge in [0.1, 0.15) is 13.2 Å². The molecule has 0 spiro atoms. The molecular formula is C76H130O6. The Balaban J connectivity index is 4.08. The van der Waals surface area contributed by atoms with Gasteiger partial charge in [-0.15, -0.1) is 0 Å². The third-order valence-corrected chi connectivity index (χ3v) is 15.0. The number of carbonyl (C=O) groups is 3. The van der Waals surface area contributed by atoms with E-state index < -0.39 is 6.10 Å². The fraction of sp³-hybridized carbons (Fsp3) is 0.724. The summed E-state index contributed by atoms with van der Waals surface area (Å²) < 4.78 is 16.8. The Morgan fingerprint density at radius 1 is 0.256 bits per heavy atom. The largest absolute Gasteiger partial charge is 0.462 e. The Labute approximate surface area is 508 Å². The molecule has 0 heterocycles. The highest BCUT2D eigenvalue weighted by Crippen LogP contribution is 2.17. The summed E-state index contributed by atoms with van der Waals surface area (Å²) >= 11 is 0. The smallest absolute Gasteiger partial charge is 0.306 e. The second-order valence-electron chi connectivity index (χ2n) is 23.1. The highest BCUT2D eigenvalue weighted by atomic mass is 16.6. The average molecular weight is 1140 g/mol. The average Bonchev–Trinajstić information content (AvgIpc) is 3.47. The van der Waals surface area contributed by atoms with E-state index in [1.807, 2.05) is 0 Å². The van der Waals surface area contributed by atoms with Crippen molar-refractivity contribution in [3.05, 3.63) is 109 Å². The van der Waals surface area contributed by atoms with Crippen molar-refractivity contribution in [3.63, 3.8) is 0 Å². The molecule has 0 aromatic carbocycles. The molecule has 6 heteroatoms. The van der Waals surface area contributed by atoms with Crippen molar-refractivity contribution >= 4 is 17.9 Å². The van der Waals surface area contributed by atoms with Crippen molar-refractivity contribution < 1.29 is 28.6 Å². The SMILES string of the molecule is CC/C=C\C/C=C\C/C=C\C/C=C\C/C=C\C/C=C\C/C=C\C/C=C\C/C=C\CCCCCCCCCC(=O)OCC(COC(=O)CCCCCCCC)OC(=O)CCCCCCCCCCCCCCCCCCCCCCCCC. The zero-order valence-corrected chi connectivity index (χ0v) is 54.0. The van der Waals surface area contributed by atoms with Crippen molar-refractivity contribution in [1.82, 2.24) is 0 Å². The van der Waals surface area contributed by atoms with Gasteiger partial charge < -0.3 is 14.2 Å². The third-order valence-electron chi connectivity index (χ3n) is 15.0. The molecule has 82 heavy (non-hydrogen) atoms. The van der Waals surface area contributed by atoms with E-state index in [9.17, 15) is 14.4 Å². The molecule has 0 aromatic rings. The number of rotatable bonds is 63. The zero-order valence-electron chi connectivity index (χ0n) is 54.0. The molecule has 0 fully saturated rings. The number of ether oxygens (including phenoxy) is 3. The highest BCUT2D eigenvalue weighted by Gasteiger charge is 2.19. The molecule has 0 aromatic heterocycles. The van der Waals surface area contributed by atoms with Crippen molar-refractivity contribution in [2.45, 2.75) is 341 Å². The highest BCUT2D eigenvalue weighted by molar-refractivity contribution is 5.71. The van der Waals surface area contributed by atoms with E-state index in [0.717, 1.165) is 122 Å². The van der Waals surface area contributed by atoms with Gasteiger partial charge >= 0.3 is 17.9 Å². The van der Waals surface area contributed by atoms with Crippen molar-refractivity contribution in [1.29, 1.82) is 0 Å². The quantitative estimate of drug-likeness (QED) is 0.0261. The Morgan fingerprint density at radius 3 is 0.744 bits per heavy atom. The van der Waals surface area contributed by atoms with Crippen LogP contribution in [0.15, 0.2) is 109 Å². The fourth-order valence-corrected chi connectivity index (χ4v) is 9.85. The van der Waals surface area contributed by atoms with Crippen LogP contribution in [0.25, 0.3) is 0 Å². The number of hydrogen-bond acceptors (Lipinski definition) is 6. The topological polar surface area (TPSA) is 78.9 Å². The molecule has 0 saturated heterocycles. The van der Waals surface area contributed by atoms with E-state index in [4.69, 9.17) is 14.2 Å². The second kappa shape index (κ2) is 69.6. The van der Waals surface area contributed by atoms with Gasteiger partial charge in [0.15, 0.2) is 6.10 Å². The summed E-state index contributed by atoms with van der Waals surface area (Å²) in [4.78, 5) is 38.1. The monoisotopic (exact) mass is 1140 g/mol. The lowest BCUT2D eigenvalue weighted by atomic mass is 10.0. The van der Waals surface area contributed by atoms with Crippen LogP contribution in [0, 0.1) is 0 Å². The summed E-state index contributed by atoms with van der Waals surface area (Å²) in [5.74, 6) is -0.887. The first-order valence-corrected chi connectivity index (χ1v) is 34.9. The summed E-state index contributed by atoms with van der Waals surface area (Å²) in [7, 11) is 0. The van der Waals surface area contributed by atoms with Crippen molar-refractivity contribution in [3.8, 4) is 0 Å². The molecule has 0 radical (unpaired) electrons. The molecule has 0 saturated carbocycles. The van der Waals surface area contributed by atoms with Crippen LogP contribution in [0.2, 0.25) is 0 Å². The first kappa shape index (κ1) is 78.1. The molecule has 1 unspecified atom stereocenters. The molecule has 1 atom stereocenters. The van der Waals surface area contributed by atoms with Gasteiger partial charge in [-0.2, -0.15) is 0 Å². The Kier molecular flexibility index (Phi) is 66.2. The van der Waals surface area contributed by atoms with Crippen LogP contribution >= 0.6 is 0 Å². The predicted octanol–water partition coefficient (Wildman–Crippen LogP) is 24.2. The van der Waals surface area contributed by atoms with Crippen LogP contribution in [0.4, 0.5) is 0 Å². The van der Waals surface area contributed by atoms with E-state index in [0.29, 0.717) is 19.3 Å². The van der Waals surface area contributed by atoms with Crippen LogP contribution < -0.4 is 0 Å². The molecule has 0 amide bonds. The molecule has 0 rings (SSSR count). The van der Waals surface area contributed by atoms with Crippen molar-refractivity contribution in [2.75, 3.05) is 13.2 Å². The van der Waals surface area contributed by atoms with Gasteiger partial charge in [0.05, 0.1) is 0 Å². The van der Waals surface area contributed by atoms with E-state index in [-0.39, 0.29) is 31.1 Å². The summed E-state index contributed by atoms with van der Waals surface area (Å²) in [6.07, 6.45) is 95.8. The minimum Gasteiger partial charge on any atom is -0.462 e. The number of unbranched alkanes of at least 4 members (excludes halogenated alkanes) is 34. The maximum atomic E-state index is 12.9. The minimum absolute atomic E-state index is 0.0783. The minimum atomic E-state index is -0.779. The lowest BCUT2D eigenvalue weighted by Crippen LogP contribution is -2.30. The molecule has 0 aliphatic heterocycles. The van der Waals surface area contributed by atoms with Gasteiger partial charge in [-0.25, -0.2) is 0 Å². The lowest BCUT2D eigenvalue weighted by molar-refractivity contribution is -0.167. The molecule has 6 nitrogen and oxygen atoms in total. The first-order chi connectivity index (χ1) is 40.5. The Morgan fingerprint density at radius 2 is 0.476 bits per heavy atom. The van der Waals surface area contributed by atoms with Crippen LogP contribution in [-0.2, 0) is 28.6 Å². The number of esters is 3. The maximum absolute atomic E-state index is 12.9. The first-order valence-electron chi connectivity index (χ1n) is 34.9. The summed E-state index contributed by atoms with van der Waals surface area (Å²) in [5, 5.41) is 0. The second-order valence-corrected chi connectivity index (χ2v) is 23.1. The summed E-state index contributed by atoms with van der Waals surface area (Å²) in [5.41, 5.74) is 0. The number of hydrogen-bond donors (Lipinski definition) is 0. The van der Waals surface area contributed by atoms with Gasteiger partial charge in [0.25, 0.3) is 0 Å². The van der Waals surface area contributed by atoms with Crippen LogP contribution in [-0.4, -0.2) is 37.2 Å².